The third-order valence-electron chi connectivity index (χ3n) is 7.20. The second-order valence-corrected chi connectivity index (χ2v) is 14.7. The summed E-state index contributed by atoms with van der Waals surface area (Å²) in [4.78, 5) is 62.5. The Morgan fingerprint density at radius 1 is 0.935 bits per heavy atom. The van der Waals surface area contributed by atoms with Gasteiger partial charge in [-0.2, -0.15) is 0 Å². The highest BCUT2D eigenvalue weighted by molar-refractivity contribution is 5.97. The number of aliphatic hydroxyl groups is 1. The molecule has 1 unspecified atom stereocenters. The van der Waals surface area contributed by atoms with Crippen molar-refractivity contribution in [2.45, 2.75) is 113 Å². The Morgan fingerprint density at radius 2 is 1.57 bits per heavy atom. The molecule has 0 radical (unpaired) electrons. The molecule has 1 rings (SSSR count). The Labute approximate surface area is 274 Å². The highest BCUT2D eigenvalue weighted by atomic mass is 16.5. The summed E-state index contributed by atoms with van der Waals surface area (Å²) in [6.45, 7) is 16.2. The van der Waals surface area contributed by atoms with Crippen molar-refractivity contribution in [3.8, 4) is 0 Å². The van der Waals surface area contributed by atoms with Crippen molar-refractivity contribution in [3.63, 3.8) is 0 Å². The molecule has 12 heteroatoms. The normalized spacial score (nSPS) is 13.7. The molecule has 0 aliphatic carbocycles. The Morgan fingerprint density at radius 3 is 2.11 bits per heavy atom. The molecular formula is C34H57N5O7. The highest BCUT2D eigenvalue weighted by Gasteiger charge is 2.30. The summed E-state index contributed by atoms with van der Waals surface area (Å²) >= 11 is 0. The summed E-state index contributed by atoms with van der Waals surface area (Å²) in [5.74, 6) is -1.69. The standard InChI is InChI=1S/C34H57N5O7/c1-22(2)29(39-28(42)15-16-33(3,4)5)27(41)18-24(10-9-17-36-31(35)44)30(43)38-25-13-11-23(12-14-25)21-46-32(45)37-20-26(40)19-34(6,7)8/h11-14,22,24,26,29,40H,9-10,15-21H2,1-8H3,(H,37,45)(H,38,43)(H,39,42)(H3,35,36,44)/t24-,26?,29+/m1/s1. The Bertz CT molecular complexity index is 1140. The van der Waals surface area contributed by atoms with Crippen molar-refractivity contribution in [2.75, 3.05) is 18.4 Å². The number of rotatable bonds is 18. The van der Waals surface area contributed by atoms with Crippen LogP contribution in [0.1, 0.15) is 99.5 Å². The number of ketones is 1. The van der Waals surface area contributed by atoms with Crippen LogP contribution in [-0.2, 0) is 25.7 Å². The van der Waals surface area contributed by atoms with Gasteiger partial charge in [0, 0.05) is 37.5 Å². The zero-order chi connectivity index (χ0) is 35.1. The number of benzene rings is 1. The average Bonchev–Trinajstić information content (AvgIpc) is 2.93. The summed E-state index contributed by atoms with van der Waals surface area (Å²) < 4.78 is 5.23. The molecule has 260 valence electrons. The van der Waals surface area contributed by atoms with E-state index in [-0.39, 0.29) is 60.5 Å². The fourth-order valence-corrected chi connectivity index (χ4v) is 4.72. The molecule has 0 heterocycles. The molecule has 0 saturated carbocycles. The zero-order valence-corrected chi connectivity index (χ0v) is 29.0. The molecule has 0 bridgehead atoms. The molecule has 0 fully saturated rings. The van der Waals surface area contributed by atoms with Gasteiger partial charge in [0.15, 0.2) is 5.78 Å². The number of primary amides is 1. The van der Waals surface area contributed by atoms with E-state index >= 15 is 0 Å². The van der Waals surface area contributed by atoms with Gasteiger partial charge in [-0.1, -0.05) is 67.5 Å². The van der Waals surface area contributed by atoms with Crippen LogP contribution in [0, 0.1) is 22.7 Å². The van der Waals surface area contributed by atoms with Crippen LogP contribution in [0.5, 0.6) is 0 Å². The smallest absolute Gasteiger partial charge is 0.407 e. The second-order valence-electron chi connectivity index (χ2n) is 14.7. The van der Waals surface area contributed by atoms with E-state index in [9.17, 15) is 29.1 Å². The lowest BCUT2D eigenvalue weighted by Crippen LogP contribution is -2.45. The first-order chi connectivity index (χ1) is 21.3. The lowest BCUT2D eigenvalue weighted by Gasteiger charge is -2.25. The third kappa shape index (κ3) is 18.3. The van der Waals surface area contributed by atoms with E-state index in [4.69, 9.17) is 10.5 Å². The van der Waals surface area contributed by atoms with Crippen molar-refractivity contribution in [3.05, 3.63) is 29.8 Å². The Kier molecular flexibility index (Phi) is 16.8. The largest absolute Gasteiger partial charge is 0.445 e. The number of aliphatic hydroxyl groups excluding tert-OH is 1. The monoisotopic (exact) mass is 647 g/mol. The van der Waals surface area contributed by atoms with Gasteiger partial charge in [-0.3, -0.25) is 14.4 Å². The first-order valence-electron chi connectivity index (χ1n) is 16.1. The second kappa shape index (κ2) is 19.1. The van der Waals surface area contributed by atoms with Gasteiger partial charge >= 0.3 is 12.1 Å². The molecule has 0 aromatic heterocycles. The van der Waals surface area contributed by atoms with Crippen molar-refractivity contribution in [2.24, 2.45) is 28.4 Å². The Balaban J connectivity index is 2.82. The van der Waals surface area contributed by atoms with Gasteiger partial charge in [0.05, 0.1) is 12.1 Å². The van der Waals surface area contributed by atoms with Crippen LogP contribution in [0.3, 0.4) is 0 Å². The van der Waals surface area contributed by atoms with E-state index in [1.165, 1.54) is 0 Å². The topological polar surface area (TPSA) is 189 Å². The quantitative estimate of drug-likeness (QED) is 0.125. The van der Waals surface area contributed by atoms with Crippen LogP contribution in [0.2, 0.25) is 0 Å². The molecular weight excluding hydrogens is 590 g/mol. The van der Waals surface area contributed by atoms with Crippen LogP contribution < -0.4 is 27.0 Å². The third-order valence-corrected chi connectivity index (χ3v) is 7.20. The van der Waals surface area contributed by atoms with Gasteiger partial charge in [0.2, 0.25) is 11.8 Å². The van der Waals surface area contributed by atoms with Crippen molar-refractivity contribution < 1.29 is 33.8 Å². The number of ether oxygens (including phenoxy) is 1. The molecule has 0 aliphatic rings. The van der Waals surface area contributed by atoms with Crippen molar-refractivity contribution >= 4 is 35.4 Å². The van der Waals surface area contributed by atoms with E-state index < -0.39 is 30.2 Å². The molecule has 0 aliphatic heterocycles. The number of urea groups is 1. The summed E-state index contributed by atoms with van der Waals surface area (Å²) in [7, 11) is 0. The fourth-order valence-electron chi connectivity index (χ4n) is 4.72. The summed E-state index contributed by atoms with van der Waals surface area (Å²) in [5, 5.41) is 20.8. The summed E-state index contributed by atoms with van der Waals surface area (Å²) in [6.07, 6.45) is 0.833. The number of hydrogen-bond acceptors (Lipinski definition) is 7. The van der Waals surface area contributed by atoms with Crippen LogP contribution in [-0.4, -0.2) is 60.1 Å². The minimum absolute atomic E-state index is 0.00250. The van der Waals surface area contributed by atoms with Crippen LogP contribution >= 0.6 is 0 Å². The zero-order valence-electron chi connectivity index (χ0n) is 29.0. The molecule has 0 spiro atoms. The number of anilines is 1. The van der Waals surface area contributed by atoms with Gasteiger partial charge in [-0.25, -0.2) is 9.59 Å². The van der Waals surface area contributed by atoms with Crippen molar-refractivity contribution in [1.82, 2.24) is 16.0 Å². The highest BCUT2D eigenvalue weighted by Crippen LogP contribution is 2.22. The molecule has 1 aromatic carbocycles. The van der Waals surface area contributed by atoms with Gasteiger partial charge < -0.3 is 36.8 Å². The lowest BCUT2D eigenvalue weighted by atomic mass is 9.88. The predicted molar refractivity (Wildman–Crippen MR) is 179 cm³/mol. The van der Waals surface area contributed by atoms with Crippen LogP contribution in [0.25, 0.3) is 0 Å². The predicted octanol–water partition coefficient (Wildman–Crippen LogP) is 4.64. The molecule has 12 nitrogen and oxygen atoms in total. The number of Topliss-reactive ketones (excluding diaryl/α,β-unsaturated/α-hetero) is 1. The number of alkyl carbamates (subject to hydrolysis) is 1. The number of carbonyl (C=O) groups excluding carboxylic acids is 5. The van der Waals surface area contributed by atoms with Gasteiger partial charge in [0.1, 0.15) is 6.61 Å². The van der Waals surface area contributed by atoms with Gasteiger partial charge in [0.25, 0.3) is 0 Å². The maximum atomic E-state index is 13.4. The molecule has 7 N–H and O–H groups in total. The van der Waals surface area contributed by atoms with E-state index in [2.05, 4.69) is 21.3 Å². The summed E-state index contributed by atoms with van der Waals surface area (Å²) in [5.41, 5.74) is 6.25. The maximum Gasteiger partial charge on any atom is 0.407 e. The minimum atomic E-state index is -0.732. The molecule has 0 saturated heterocycles. The molecule has 46 heavy (non-hydrogen) atoms. The maximum absolute atomic E-state index is 13.4. The van der Waals surface area contributed by atoms with Crippen LogP contribution in [0.4, 0.5) is 15.3 Å². The Hall–Kier alpha value is -3.67. The van der Waals surface area contributed by atoms with E-state index in [1.54, 1.807) is 24.3 Å². The fraction of sp³-hybridized carbons (Fsp3) is 0.676. The molecule has 3 atom stereocenters. The molecule has 5 amide bonds. The number of carbonyl (C=O) groups is 5. The van der Waals surface area contributed by atoms with E-state index in [0.29, 0.717) is 43.4 Å². The number of nitrogens with two attached hydrogens (primary N) is 1. The average molecular weight is 648 g/mol. The first kappa shape index (κ1) is 40.4. The lowest BCUT2D eigenvalue weighted by molar-refractivity contribution is -0.131. The molecule has 1 aromatic rings. The van der Waals surface area contributed by atoms with Crippen molar-refractivity contribution in [1.29, 1.82) is 0 Å². The number of nitrogens with one attached hydrogen (secondary N) is 4. The van der Waals surface area contributed by atoms with Gasteiger partial charge in [-0.15, -0.1) is 0 Å². The van der Waals surface area contributed by atoms with Gasteiger partial charge in [-0.05, 0) is 60.1 Å². The number of amides is 5. The van der Waals surface area contributed by atoms with E-state index in [1.807, 2.05) is 55.4 Å². The minimum Gasteiger partial charge on any atom is -0.445 e. The first-order valence-corrected chi connectivity index (χ1v) is 16.1. The van der Waals surface area contributed by atoms with E-state index in [0.717, 1.165) is 0 Å². The SMILES string of the molecule is CC(C)[C@H](NC(=O)CCC(C)(C)C)C(=O)C[C@@H](CCCNC(N)=O)C(=O)Nc1ccc(COC(=O)NCC(O)CC(C)(C)C)cc1. The number of hydrogen-bond donors (Lipinski definition) is 6. The van der Waals surface area contributed by atoms with Crippen LogP contribution in [0.15, 0.2) is 24.3 Å². The summed E-state index contributed by atoms with van der Waals surface area (Å²) in [6, 6.07) is 5.34.